The fourth-order valence-corrected chi connectivity index (χ4v) is 1.22. The molecule has 0 aliphatic rings. The van der Waals surface area contributed by atoms with Crippen molar-refractivity contribution in [2.45, 2.75) is 20.4 Å². The molecule has 0 radical (unpaired) electrons. The summed E-state index contributed by atoms with van der Waals surface area (Å²) in [6.07, 6.45) is 1.89. The van der Waals surface area contributed by atoms with Crippen molar-refractivity contribution >= 4 is 5.78 Å². The second-order valence-electron chi connectivity index (χ2n) is 3.23. The molecule has 68 valence electrons. The van der Waals surface area contributed by atoms with Crippen molar-refractivity contribution in [1.29, 1.82) is 0 Å². The van der Waals surface area contributed by atoms with E-state index < -0.39 is 0 Å². The topological polar surface area (TPSA) is 20.9 Å². The molecule has 1 aromatic rings. The largest absolute Gasteiger partial charge is 0.288 e. The smallest absolute Gasteiger partial charge is 0.248 e. The average Bonchev–Trinajstić information content (AvgIpc) is 2.03. The van der Waals surface area contributed by atoms with Gasteiger partial charge in [0.2, 0.25) is 11.5 Å². The molecule has 0 fully saturated rings. The van der Waals surface area contributed by atoms with E-state index >= 15 is 0 Å². The summed E-state index contributed by atoms with van der Waals surface area (Å²) in [4.78, 5) is 11.2. The standard InChI is InChI=1S/C11H14NO/c1-9(2)8-12-7-5-4-6-11(12)10(3)13/h4-7H,1,8H2,2-3H3/q+1. The van der Waals surface area contributed by atoms with Crippen LogP contribution in [0.5, 0.6) is 0 Å². The highest BCUT2D eigenvalue weighted by molar-refractivity contribution is 5.90. The number of pyridine rings is 1. The lowest BCUT2D eigenvalue weighted by Crippen LogP contribution is -2.39. The molecular formula is C11H14NO+. The summed E-state index contributed by atoms with van der Waals surface area (Å²) in [6, 6.07) is 5.60. The van der Waals surface area contributed by atoms with Crippen molar-refractivity contribution < 1.29 is 9.36 Å². The van der Waals surface area contributed by atoms with E-state index in [2.05, 4.69) is 6.58 Å². The van der Waals surface area contributed by atoms with E-state index in [-0.39, 0.29) is 5.78 Å². The van der Waals surface area contributed by atoms with Crippen LogP contribution in [0.1, 0.15) is 24.3 Å². The van der Waals surface area contributed by atoms with E-state index in [1.807, 2.05) is 35.9 Å². The van der Waals surface area contributed by atoms with Crippen molar-refractivity contribution in [1.82, 2.24) is 0 Å². The summed E-state index contributed by atoms with van der Waals surface area (Å²) in [5.74, 6) is 0.0850. The Hall–Kier alpha value is -1.44. The van der Waals surface area contributed by atoms with Gasteiger partial charge in [0.1, 0.15) is 0 Å². The Morgan fingerprint density at radius 2 is 2.15 bits per heavy atom. The van der Waals surface area contributed by atoms with Gasteiger partial charge in [-0.15, -0.1) is 0 Å². The second kappa shape index (κ2) is 3.99. The fraction of sp³-hybridized carbons (Fsp3) is 0.273. The van der Waals surface area contributed by atoms with Gasteiger partial charge < -0.3 is 0 Å². The van der Waals surface area contributed by atoms with E-state index in [0.29, 0.717) is 6.54 Å². The summed E-state index contributed by atoms with van der Waals surface area (Å²) < 4.78 is 1.91. The lowest BCUT2D eigenvalue weighted by atomic mass is 10.2. The number of hydrogen-bond acceptors (Lipinski definition) is 1. The summed E-state index contributed by atoms with van der Waals surface area (Å²) in [5.41, 5.74) is 1.77. The Kier molecular flexibility index (Phi) is 2.96. The minimum atomic E-state index is 0.0850. The van der Waals surface area contributed by atoms with Gasteiger partial charge in [0.15, 0.2) is 12.7 Å². The van der Waals surface area contributed by atoms with Gasteiger partial charge in [0.05, 0.1) is 0 Å². The minimum Gasteiger partial charge on any atom is -0.288 e. The lowest BCUT2D eigenvalue weighted by Gasteiger charge is -1.99. The highest BCUT2D eigenvalue weighted by atomic mass is 16.1. The Balaban J connectivity index is 3.04. The van der Waals surface area contributed by atoms with Gasteiger partial charge >= 0.3 is 0 Å². The summed E-state index contributed by atoms with van der Waals surface area (Å²) in [5, 5.41) is 0. The second-order valence-corrected chi connectivity index (χ2v) is 3.23. The van der Waals surface area contributed by atoms with Crippen molar-refractivity contribution in [2.24, 2.45) is 0 Å². The van der Waals surface area contributed by atoms with E-state index in [1.54, 1.807) is 6.92 Å². The number of Topliss-reactive ketones (excluding diaryl/α,β-unsaturated/α-hetero) is 1. The molecule has 0 atom stereocenters. The number of rotatable bonds is 3. The molecule has 2 nitrogen and oxygen atoms in total. The molecule has 13 heavy (non-hydrogen) atoms. The molecule has 0 amide bonds. The zero-order valence-electron chi connectivity index (χ0n) is 8.08. The third-order valence-electron chi connectivity index (χ3n) is 1.74. The van der Waals surface area contributed by atoms with E-state index in [9.17, 15) is 4.79 Å². The molecule has 0 aliphatic heterocycles. The molecule has 0 N–H and O–H groups in total. The summed E-state index contributed by atoms with van der Waals surface area (Å²) in [7, 11) is 0. The molecule has 1 rings (SSSR count). The average molecular weight is 176 g/mol. The maximum Gasteiger partial charge on any atom is 0.248 e. The summed E-state index contributed by atoms with van der Waals surface area (Å²) in [6.45, 7) is 8.04. The number of aromatic nitrogens is 1. The predicted molar refractivity (Wildman–Crippen MR) is 51.5 cm³/mol. The van der Waals surface area contributed by atoms with Crippen LogP contribution in [-0.4, -0.2) is 5.78 Å². The van der Waals surface area contributed by atoms with Gasteiger partial charge in [-0.1, -0.05) is 6.58 Å². The van der Waals surface area contributed by atoms with Crippen LogP contribution < -0.4 is 4.57 Å². The molecule has 1 aromatic heterocycles. The molecule has 0 aromatic carbocycles. The monoisotopic (exact) mass is 176 g/mol. The number of carbonyl (C=O) groups excluding carboxylic acids is 1. The molecule has 0 saturated heterocycles. The van der Waals surface area contributed by atoms with Crippen LogP contribution in [0.15, 0.2) is 36.5 Å². The SMILES string of the molecule is C=C(C)C[n+]1ccccc1C(C)=O. The van der Waals surface area contributed by atoms with Crippen molar-refractivity contribution in [3.05, 3.63) is 42.2 Å². The van der Waals surface area contributed by atoms with Crippen molar-refractivity contribution in [2.75, 3.05) is 0 Å². The first kappa shape index (κ1) is 9.65. The maximum atomic E-state index is 11.2. The van der Waals surface area contributed by atoms with Crippen LogP contribution in [0.3, 0.4) is 0 Å². The number of hydrogen-bond donors (Lipinski definition) is 0. The first-order valence-corrected chi connectivity index (χ1v) is 4.25. The first-order chi connectivity index (χ1) is 6.11. The summed E-state index contributed by atoms with van der Waals surface area (Å²) >= 11 is 0. The molecule has 0 unspecified atom stereocenters. The molecule has 0 aliphatic carbocycles. The van der Waals surface area contributed by atoms with Crippen LogP contribution in [-0.2, 0) is 6.54 Å². The number of allylic oxidation sites excluding steroid dienone is 1. The van der Waals surface area contributed by atoms with Crippen LogP contribution in [0.4, 0.5) is 0 Å². The highest BCUT2D eigenvalue weighted by Gasteiger charge is 2.13. The van der Waals surface area contributed by atoms with Crippen LogP contribution >= 0.6 is 0 Å². The Labute approximate surface area is 78.5 Å². The molecule has 0 spiro atoms. The van der Waals surface area contributed by atoms with Gasteiger partial charge in [-0.3, -0.25) is 4.79 Å². The van der Waals surface area contributed by atoms with Gasteiger partial charge in [-0.2, -0.15) is 4.57 Å². The van der Waals surface area contributed by atoms with E-state index in [4.69, 9.17) is 0 Å². The molecule has 1 heterocycles. The predicted octanol–water partition coefficient (Wildman–Crippen LogP) is 1.75. The zero-order valence-corrected chi connectivity index (χ0v) is 8.08. The first-order valence-electron chi connectivity index (χ1n) is 4.25. The van der Waals surface area contributed by atoms with Gasteiger partial charge in [0.25, 0.3) is 0 Å². The van der Waals surface area contributed by atoms with Crippen LogP contribution in [0.2, 0.25) is 0 Å². The van der Waals surface area contributed by atoms with Gasteiger partial charge in [-0.05, 0) is 18.6 Å². The normalized spacial score (nSPS) is 9.69. The lowest BCUT2D eigenvalue weighted by molar-refractivity contribution is -0.690. The quantitative estimate of drug-likeness (QED) is 0.390. The third-order valence-corrected chi connectivity index (χ3v) is 1.74. The maximum absolute atomic E-state index is 11.2. The number of ketones is 1. The number of nitrogens with zero attached hydrogens (tertiary/aromatic N) is 1. The Morgan fingerprint density at radius 1 is 1.46 bits per heavy atom. The van der Waals surface area contributed by atoms with Gasteiger partial charge in [0, 0.05) is 19.1 Å². The number of carbonyl (C=O) groups is 1. The molecule has 2 heteroatoms. The third kappa shape index (κ3) is 2.51. The minimum absolute atomic E-state index is 0.0850. The van der Waals surface area contributed by atoms with Crippen molar-refractivity contribution in [3.63, 3.8) is 0 Å². The molecule has 0 saturated carbocycles. The zero-order chi connectivity index (χ0) is 9.84. The molecular weight excluding hydrogens is 162 g/mol. The van der Waals surface area contributed by atoms with Gasteiger partial charge in [-0.25, -0.2) is 0 Å². The highest BCUT2D eigenvalue weighted by Crippen LogP contribution is 1.95. The van der Waals surface area contributed by atoms with Crippen LogP contribution in [0, 0.1) is 0 Å². The van der Waals surface area contributed by atoms with E-state index in [1.165, 1.54) is 0 Å². The fourth-order valence-electron chi connectivity index (χ4n) is 1.22. The van der Waals surface area contributed by atoms with Crippen molar-refractivity contribution in [3.8, 4) is 0 Å². The van der Waals surface area contributed by atoms with E-state index in [0.717, 1.165) is 11.3 Å². The Bertz CT molecular complexity index is 342. The molecule has 0 bridgehead atoms. The van der Waals surface area contributed by atoms with Crippen LogP contribution in [0.25, 0.3) is 0 Å². The Morgan fingerprint density at radius 3 is 2.69 bits per heavy atom.